The Bertz CT molecular complexity index is 232. The molecule has 0 atom stereocenters. The highest BCUT2D eigenvalue weighted by Crippen LogP contribution is 2.11. The van der Waals surface area contributed by atoms with E-state index in [0.29, 0.717) is 0 Å². The van der Waals surface area contributed by atoms with Crippen molar-refractivity contribution in [2.75, 3.05) is 27.2 Å². The summed E-state index contributed by atoms with van der Waals surface area (Å²) in [4.78, 5) is 6.41. The lowest BCUT2D eigenvalue weighted by molar-refractivity contribution is 0.264. The van der Waals surface area contributed by atoms with Gasteiger partial charge in [0.1, 0.15) is 0 Å². The molecule has 0 N–H and O–H groups in total. The van der Waals surface area contributed by atoms with Gasteiger partial charge in [0.25, 0.3) is 0 Å². The summed E-state index contributed by atoms with van der Waals surface area (Å²) >= 11 is 0. The lowest BCUT2D eigenvalue weighted by atomic mass is 10.1. The van der Waals surface area contributed by atoms with Crippen molar-refractivity contribution < 1.29 is 4.74 Å². The average molecular weight is 226 g/mol. The van der Waals surface area contributed by atoms with Crippen LogP contribution in [0, 0.1) is 0 Å². The minimum absolute atomic E-state index is 0.782. The van der Waals surface area contributed by atoms with E-state index in [4.69, 9.17) is 4.74 Å². The first-order chi connectivity index (χ1) is 7.68. The second-order valence-corrected chi connectivity index (χ2v) is 4.00. The zero-order chi connectivity index (χ0) is 12.4. The summed E-state index contributed by atoms with van der Waals surface area (Å²) in [7, 11) is 4.15. The summed E-state index contributed by atoms with van der Waals surface area (Å²) in [5, 5.41) is 0. The molecule has 0 saturated carbocycles. The van der Waals surface area contributed by atoms with Crippen LogP contribution >= 0.6 is 0 Å². The predicted molar refractivity (Wildman–Crippen MR) is 70.9 cm³/mol. The SMILES string of the molecule is CC.CC1=CN=C(OCCCN(C)C)CC1. The van der Waals surface area contributed by atoms with Crippen LogP contribution < -0.4 is 0 Å². The van der Waals surface area contributed by atoms with Crippen LogP contribution in [0.5, 0.6) is 0 Å². The van der Waals surface area contributed by atoms with Crippen LogP contribution in [-0.4, -0.2) is 38.0 Å². The zero-order valence-corrected chi connectivity index (χ0v) is 11.4. The van der Waals surface area contributed by atoms with Crippen LogP contribution in [0.4, 0.5) is 0 Å². The van der Waals surface area contributed by atoms with Crippen molar-refractivity contribution in [2.24, 2.45) is 4.99 Å². The van der Waals surface area contributed by atoms with Crippen LogP contribution in [0.3, 0.4) is 0 Å². The third kappa shape index (κ3) is 7.46. The molecule has 0 fully saturated rings. The maximum absolute atomic E-state index is 5.56. The second kappa shape index (κ2) is 9.40. The Hall–Kier alpha value is -0.830. The van der Waals surface area contributed by atoms with Crippen molar-refractivity contribution in [3.63, 3.8) is 0 Å². The Balaban J connectivity index is 0.00000106. The fourth-order valence-corrected chi connectivity index (χ4v) is 1.30. The number of hydrogen-bond donors (Lipinski definition) is 0. The Morgan fingerprint density at radius 3 is 2.50 bits per heavy atom. The van der Waals surface area contributed by atoms with Crippen molar-refractivity contribution >= 4 is 5.90 Å². The molecule has 1 heterocycles. The summed E-state index contributed by atoms with van der Waals surface area (Å²) in [6.07, 6.45) is 5.02. The van der Waals surface area contributed by atoms with E-state index in [9.17, 15) is 0 Å². The Morgan fingerprint density at radius 2 is 2.00 bits per heavy atom. The molecule has 1 aliphatic heterocycles. The van der Waals surface area contributed by atoms with Crippen LogP contribution in [-0.2, 0) is 4.74 Å². The topological polar surface area (TPSA) is 24.8 Å². The molecule has 3 nitrogen and oxygen atoms in total. The molecule has 0 spiro atoms. The Kier molecular flexibility index (Phi) is 8.91. The quantitative estimate of drug-likeness (QED) is 0.688. The molecule has 0 aromatic heterocycles. The lowest BCUT2D eigenvalue weighted by Crippen LogP contribution is -2.16. The molecule has 0 saturated heterocycles. The molecule has 0 amide bonds. The van der Waals surface area contributed by atoms with Gasteiger partial charge in [-0.25, -0.2) is 4.99 Å². The summed E-state index contributed by atoms with van der Waals surface area (Å²) in [6.45, 7) is 7.96. The molecule has 1 rings (SSSR count). The molecule has 16 heavy (non-hydrogen) atoms. The highest BCUT2D eigenvalue weighted by Gasteiger charge is 2.05. The average Bonchev–Trinajstić information content (AvgIpc) is 2.29. The van der Waals surface area contributed by atoms with Crippen molar-refractivity contribution in [3.8, 4) is 0 Å². The van der Waals surface area contributed by atoms with Crippen molar-refractivity contribution in [1.29, 1.82) is 0 Å². The lowest BCUT2D eigenvalue weighted by Gasteiger charge is -2.13. The zero-order valence-electron chi connectivity index (χ0n) is 11.4. The maximum atomic E-state index is 5.56. The molecule has 0 aromatic rings. The predicted octanol–water partition coefficient (Wildman–Crippen LogP) is 3.08. The summed E-state index contributed by atoms with van der Waals surface area (Å²) in [5.41, 5.74) is 1.34. The van der Waals surface area contributed by atoms with Gasteiger partial charge in [0.15, 0.2) is 5.90 Å². The van der Waals surface area contributed by atoms with E-state index in [1.165, 1.54) is 5.57 Å². The minimum atomic E-state index is 0.782. The number of aliphatic imine (C=N–C) groups is 1. The third-order valence-corrected chi connectivity index (χ3v) is 2.18. The van der Waals surface area contributed by atoms with E-state index in [1.54, 1.807) is 0 Å². The van der Waals surface area contributed by atoms with Gasteiger partial charge in [-0.1, -0.05) is 19.4 Å². The van der Waals surface area contributed by atoms with Gasteiger partial charge in [-0.3, -0.25) is 0 Å². The van der Waals surface area contributed by atoms with Gasteiger partial charge in [-0.05, 0) is 33.9 Å². The van der Waals surface area contributed by atoms with E-state index in [-0.39, 0.29) is 0 Å². The van der Waals surface area contributed by atoms with E-state index in [2.05, 4.69) is 30.9 Å². The van der Waals surface area contributed by atoms with Crippen LogP contribution in [0.15, 0.2) is 16.8 Å². The number of hydrogen-bond acceptors (Lipinski definition) is 3. The van der Waals surface area contributed by atoms with Gasteiger partial charge in [0.05, 0.1) is 6.61 Å². The number of nitrogens with zero attached hydrogens (tertiary/aromatic N) is 2. The van der Waals surface area contributed by atoms with Gasteiger partial charge >= 0.3 is 0 Å². The summed E-state index contributed by atoms with van der Waals surface area (Å²) in [5.74, 6) is 0.898. The van der Waals surface area contributed by atoms with Crippen molar-refractivity contribution in [3.05, 3.63) is 11.8 Å². The van der Waals surface area contributed by atoms with Gasteiger partial charge in [-0.15, -0.1) is 0 Å². The first kappa shape index (κ1) is 15.2. The Labute approximate surface area is 100 Å². The molecule has 0 unspecified atom stereocenters. The highest BCUT2D eigenvalue weighted by atomic mass is 16.5. The monoisotopic (exact) mass is 226 g/mol. The molecule has 0 bridgehead atoms. The van der Waals surface area contributed by atoms with Crippen molar-refractivity contribution in [1.82, 2.24) is 4.90 Å². The number of ether oxygens (including phenoxy) is 1. The van der Waals surface area contributed by atoms with Gasteiger partial charge in [0.2, 0.25) is 0 Å². The van der Waals surface area contributed by atoms with Gasteiger partial charge < -0.3 is 9.64 Å². The molecule has 3 heteroatoms. The molecule has 94 valence electrons. The fourth-order valence-electron chi connectivity index (χ4n) is 1.30. The third-order valence-electron chi connectivity index (χ3n) is 2.18. The largest absolute Gasteiger partial charge is 0.481 e. The van der Waals surface area contributed by atoms with E-state index >= 15 is 0 Å². The molecule has 0 aliphatic carbocycles. The van der Waals surface area contributed by atoms with E-state index in [0.717, 1.165) is 38.3 Å². The molecular formula is C13H26N2O. The summed E-state index contributed by atoms with van der Waals surface area (Å²) < 4.78 is 5.56. The second-order valence-electron chi connectivity index (χ2n) is 4.00. The Morgan fingerprint density at radius 1 is 1.31 bits per heavy atom. The molecule has 1 aliphatic rings. The minimum Gasteiger partial charge on any atom is -0.481 e. The standard InChI is InChI=1S/C11H20N2O.C2H6/c1-10-5-6-11(12-9-10)14-8-4-7-13(2)3;1-2/h9H,4-8H2,1-3H3;1-2H3. The van der Waals surface area contributed by atoms with Crippen LogP contribution in [0.25, 0.3) is 0 Å². The highest BCUT2D eigenvalue weighted by molar-refractivity contribution is 5.77. The number of rotatable bonds is 4. The van der Waals surface area contributed by atoms with Crippen LogP contribution in [0.2, 0.25) is 0 Å². The first-order valence-corrected chi connectivity index (χ1v) is 6.18. The summed E-state index contributed by atoms with van der Waals surface area (Å²) in [6, 6.07) is 0. The normalized spacial score (nSPS) is 14.9. The molecule has 0 aromatic carbocycles. The smallest absolute Gasteiger partial charge is 0.188 e. The van der Waals surface area contributed by atoms with E-state index in [1.807, 2.05) is 20.0 Å². The van der Waals surface area contributed by atoms with Gasteiger partial charge in [0, 0.05) is 19.2 Å². The number of allylic oxidation sites excluding steroid dienone is 1. The van der Waals surface area contributed by atoms with Crippen LogP contribution in [0.1, 0.15) is 40.0 Å². The maximum Gasteiger partial charge on any atom is 0.188 e. The van der Waals surface area contributed by atoms with E-state index < -0.39 is 0 Å². The fraction of sp³-hybridized carbons (Fsp3) is 0.769. The van der Waals surface area contributed by atoms with Gasteiger partial charge in [-0.2, -0.15) is 0 Å². The molecule has 0 radical (unpaired) electrons. The van der Waals surface area contributed by atoms with Crippen molar-refractivity contribution in [2.45, 2.75) is 40.0 Å². The molecular weight excluding hydrogens is 200 g/mol. The first-order valence-electron chi connectivity index (χ1n) is 6.18.